The molecule has 0 aromatic heterocycles. The topological polar surface area (TPSA) is 12.5 Å². The van der Waals surface area contributed by atoms with E-state index < -0.39 is 0 Å². The molecule has 2 aliphatic rings. The standard InChI is InChI=1S/C13H25NOS/c1-10(2)13-9-14(5-7-16-13)8-12-11(3)4-6-15-12/h10-13H,4-9H2,1-3H3/t11-,12-,13?/m0/s1. The predicted octanol–water partition coefficient (Wildman–Crippen LogP) is 2.48. The zero-order valence-corrected chi connectivity index (χ0v) is 11.6. The summed E-state index contributed by atoms with van der Waals surface area (Å²) in [7, 11) is 0. The molecule has 0 N–H and O–H groups in total. The van der Waals surface area contributed by atoms with Crippen LogP contribution in [0.25, 0.3) is 0 Å². The summed E-state index contributed by atoms with van der Waals surface area (Å²) in [6, 6.07) is 0. The van der Waals surface area contributed by atoms with Crippen molar-refractivity contribution in [2.45, 2.75) is 38.5 Å². The van der Waals surface area contributed by atoms with E-state index in [1.807, 2.05) is 0 Å². The Labute approximate surface area is 104 Å². The Bertz CT molecular complexity index is 222. The number of thioether (sulfide) groups is 1. The Morgan fingerprint density at radius 2 is 2.25 bits per heavy atom. The van der Waals surface area contributed by atoms with Gasteiger partial charge in [0.2, 0.25) is 0 Å². The van der Waals surface area contributed by atoms with Gasteiger partial charge in [0.15, 0.2) is 0 Å². The molecular formula is C13H25NOS. The lowest BCUT2D eigenvalue weighted by molar-refractivity contribution is 0.0575. The van der Waals surface area contributed by atoms with Crippen molar-refractivity contribution in [3.05, 3.63) is 0 Å². The van der Waals surface area contributed by atoms with Crippen LogP contribution >= 0.6 is 11.8 Å². The predicted molar refractivity (Wildman–Crippen MR) is 71.0 cm³/mol. The van der Waals surface area contributed by atoms with Crippen LogP contribution in [0.1, 0.15) is 27.2 Å². The van der Waals surface area contributed by atoms with Gasteiger partial charge in [0.1, 0.15) is 0 Å². The molecular weight excluding hydrogens is 218 g/mol. The largest absolute Gasteiger partial charge is 0.377 e. The zero-order valence-electron chi connectivity index (χ0n) is 10.8. The van der Waals surface area contributed by atoms with Gasteiger partial charge in [0.25, 0.3) is 0 Å². The molecule has 1 unspecified atom stereocenters. The third-order valence-electron chi connectivity index (χ3n) is 3.90. The smallest absolute Gasteiger partial charge is 0.0728 e. The number of hydrogen-bond acceptors (Lipinski definition) is 3. The summed E-state index contributed by atoms with van der Waals surface area (Å²) in [4.78, 5) is 2.62. The average Bonchev–Trinajstić information content (AvgIpc) is 2.65. The molecule has 0 spiro atoms. The van der Waals surface area contributed by atoms with Crippen LogP contribution in [-0.4, -0.2) is 48.2 Å². The SMILES string of the molecule is CC(C)C1CN(C[C@@H]2OCC[C@@H]2C)CCS1. The van der Waals surface area contributed by atoms with Crippen LogP contribution in [0.3, 0.4) is 0 Å². The highest BCUT2D eigenvalue weighted by Gasteiger charge is 2.29. The molecule has 2 fully saturated rings. The van der Waals surface area contributed by atoms with Crippen LogP contribution in [0.15, 0.2) is 0 Å². The van der Waals surface area contributed by atoms with Gasteiger partial charge >= 0.3 is 0 Å². The molecule has 2 nitrogen and oxygen atoms in total. The third-order valence-corrected chi connectivity index (χ3v) is 5.44. The van der Waals surface area contributed by atoms with E-state index in [-0.39, 0.29) is 0 Å². The van der Waals surface area contributed by atoms with E-state index in [9.17, 15) is 0 Å². The second kappa shape index (κ2) is 5.74. The maximum Gasteiger partial charge on any atom is 0.0728 e. The van der Waals surface area contributed by atoms with Crippen LogP contribution in [0.4, 0.5) is 0 Å². The number of rotatable bonds is 3. The Hall–Kier alpha value is 0.270. The van der Waals surface area contributed by atoms with Gasteiger partial charge < -0.3 is 4.74 Å². The fourth-order valence-corrected chi connectivity index (χ4v) is 3.91. The van der Waals surface area contributed by atoms with Gasteiger partial charge in [-0.3, -0.25) is 4.90 Å². The van der Waals surface area contributed by atoms with E-state index in [4.69, 9.17) is 4.74 Å². The van der Waals surface area contributed by atoms with Crippen LogP contribution < -0.4 is 0 Å². The summed E-state index contributed by atoms with van der Waals surface area (Å²) >= 11 is 2.15. The summed E-state index contributed by atoms with van der Waals surface area (Å²) in [5.74, 6) is 2.85. The van der Waals surface area contributed by atoms with E-state index in [2.05, 4.69) is 37.4 Å². The Balaban J connectivity index is 1.80. The number of nitrogens with zero attached hydrogens (tertiary/aromatic N) is 1. The molecule has 16 heavy (non-hydrogen) atoms. The highest BCUT2D eigenvalue weighted by molar-refractivity contribution is 8.00. The van der Waals surface area contributed by atoms with Gasteiger partial charge in [-0.25, -0.2) is 0 Å². The summed E-state index contributed by atoms with van der Waals surface area (Å²) in [6.45, 7) is 11.7. The summed E-state index contributed by atoms with van der Waals surface area (Å²) in [5, 5.41) is 0.824. The molecule has 0 radical (unpaired) electrons. The normalized spacial score (nSPS) is 37.1. The van der Waals surface area contributed by atoms with Crippen LogP contribution in [0.5, 0.6) is 0 Å². The lowest BCUT2D eigenvalue weighted by Gasteiger charge is -2.36. The maximum atomic E-state index is 5.82. The van der Waals surface area contributed by atoms with Gasteiger partial charge in [0.05, 0.1) is 6.10 Å². The maximum absolute atomic E-state index is 5.82. The van der Waals surface area contributed by atoms with Crippen molar-refractivity contribution in [2.75, 3.05) is 32.0 Å². The van der Waals surface area contributed by atoms with Crippen LogP contribution in [-0.2, 0) is 4.74 Å². The molecule has 2 heterocycles. The molecule has 0 amide bonds. The number of hydrogen-bond donors (Lipinski definition) is 0. The minimum atomic E-state index is 0.496. The number of ether oxygens (including phenoxy) is 1. The van der Waals surface area contributed by atoms with E-state index in [0.29, 0.717) is 6.10 Å². The lowest BCUT2D eigenvalue weighted by Crippen LogP contribution is -2.44. The lowest BCUT2D eigenvalue weighted by atomic mass is 10.0. The average molecular weight is 243 g/mol. The molecule has 0 bridgehead atoms. The van der Waals surface area contributed by atoms with E-state index in [0.717, 1.165) is 30.2 Å². The van der Waals surface area contributed by atoms with Gasteiger partial charge in [-0.2, -0.15) is 11.8 Å². The summed E-state index contributed by atoms with van der Waals surface area (Å²) in [6.07, 6.45) is 1.75. The zero-order chi connectivity index (χ0) is 11.5. The first-order chi connectivity index (χ1) is 7.66. The first-order valence-corrected chi connectivity index (χ1v) is 7.67. The molecule has 0 aromatic rings. The van der Waals surface area contributed by atoms with Crippen LogP contribution in [0, 0.1) is 11.8 Å². The quantitative estimate of drug-likeness (QED) is 0.755. The van der Waals surface area contributed by atoms with E-state index in [1.165, 1.54) is 25.3 Å². The van der Waals surface area contributed by atoms with E-state index >= 15 is 0 Å². The second-order valence-electron chi connectivity index (χ2n) is 5.59. The fraction of sp³-hybridized carbons (Fsp3) is 1.00. The Morgan fingerprint density at radius 1 is 1.44 bits per heavy atom. The minimum Gasteiger partial charge on any atom is -0.377 e. The van der Waals surface area contributed by atoms with Crippen molar-refractivity contribution in [1.29, 1.82) is 0 Å². The van der Waals surface area contributed by atoms with E-state index in [1.54, 1.807) is 0 Å². The minimum absolute atomic E-state index is 0.496. The molecule has 2 aliphatic heterocycles. The Morgan fingerprint density at radius 3 is 2.88 bits per heavy atom. The van der Waals surface area contributed by atoms with Crippen molar-refractivity contribution in [3.8, 4) is 0 Å². The molecule has 0 aliphatic carbocycles. The van der Waals surface area contributed by atoms with Gasteiger partial charge in [-0.05, 0) is 18.3 Å². The fourth-order valence-electron chi connectivity index (χ4n) is 2.54. The highest BCUT2D eigenvalue weighted by atomic mass is 32.2. The van der Waals surface area contributed by atoms with Crippen molar-refractivity contribution < 1.29 is 4.74 Å². The summed E-state index contributed by atoms with van der Waals surface area (Å²) in [5.41, 5.74) is 0. The molecule has 0 aromatic carbocycles. The summed E-state index contributed by atoms with van der Waals surface area (Å²) < 4.78 is 5.82. The Kier molecular flexibility index (Phi) is 4.57. The molecule has 94 valence electrons. The van der Waals surface area contributed by atoms with Gasteiger partial charge in [-0.1, -0.05) is 20.8 Å². The second-order valence-corrected chi connectivity index (χ2v) is 6.94. The first kappa shape index (κ1) is 12.7. The van der Waals surface area contributed by atoms with Crippen molar-refractivity contribution in [1.82, 2.24) is 4.90 Å². The van der Waals surface area contributed by atoms with Gasteiger partial charge in [-0.15, -0.1) is 0 Å². The van der Waals surface area contributed by atoms with Crippen molar-refractivity contribution in [3.63, 3.8) is 0 Å². The highest BCUT2D eigenvalue weighted by Crippen LogP contribution is 2.27. The van der Waals surface area contributed by atoms with Crippen molar-refractivity contribution >= 4 is 11.8 Å². The monoisotopic (exact) mass is 243 g/mol. The molecule has 3 atom stereocenters. The molecule has 0 saturated carbocycles. The third kappa shape index (κ3) is 3.14. The first-order valence-electron chi connectivity index (χ1n) is 6.62. The molecule has 2 saturated heterocycles. The van der Waals surface area contributed by atoms with Crippen molar-refractivity contribution in [2.24, 2.45) is 11.8 Å². The molecule has 2 rings (SSSR count). The van der Waals surface area contributed by atoms with Crippen LogP contribution in [0.2, 0.25) is 0 Å². The molecule has 3 heteroatoms. The van der Waals surface area contributed by atoms with Gasteiger partial charge in [0, 0.05) is 37.2 Å².